The van der Waals surface area contributed by atoms with Crippen molar-refractivity contribution in [2.24, 2.45) is 5.73 Å². The Balaban J connectivity index is 2.47. The quantitative estimate of drug-likeness (QED) is 0.834. The van der Waals surface area contributed by atoms with Crippen molar-refractivity contribution in [3.05, 3.63) is 52.7 Å². The zero-order valence-corrected chi connectivity index (χ0v) is 13.4. The summed E-state index contributed by atoms with van der Waals surface area (Å²) in [6.45, 7) is 1.75. The topological polar surface area (TPSA) is 85.1 Å². The predicted molar refractivity (Wildman–Crippen MR) is 87.1 cm³/mol. The molecule has 110 valence electrons. The fourth-order valence-electron chi connectivity index (χ4n) is 1.64. The largest absolute Gasteiger partial charge is 0.389 e. The van der Waals surface area contributed by atoms with E-state index in [4.69, 9.17) is 29.6 Å². The number of rotatable bonds is 4. The van der Waals surface area contributed by atoms with E-state index in [1.54, 1.807) is 25.1 Å². The van der Waals surface area contributed by atoms with Crippen LogP contribution in [0.5, 0.6) is 0 Å². The van der Waals surface area contributed by atoms with Gasteiger partial charge in [0.1, 0.15) is 15.7 Å². The lowest BCUT2D eigenvalue weighted by atomic mass is 10.2. The van der Waals surface area contributed by atoms with Crippen molar-refractivity contribution >= 4 is 44.6 Å². The summed E-state index contributed by atoms with van der Waals surface area (Å²) in [4.78, 5) is 3.99. The molecule has 0 saturated heterocycles. The first-order valence-corrected chi connectivity index (χ1v) is 8.12. The summed E-state index contributed by atoms with van der Waals surface area (Å²) < 4.78 is 27.3. The van der Waals surface area contributed by atoms with Gasteiger partial charge in [0.05, 0.1) is 5.02 Å². The third kappa shape index (κ3) is 3.49. The second-order valence-electron chi connectivity index (χ2n) is 4.28. The molecule has 0 radical (unpaired) electrons. The lowest BCUT2D eigenvalue weighted by Crippen LogP contribution is -2.17. The first-order chi connectivity index (χ1) is 9.81. The number of aryl methyl sites for hydroxylation is 1. The van der Waals surface area contributed by atoms with Gasteiger partial charge < -0.3 is 5.73 Å². The van der Waals surface area contributed by atoms with Crippen molar-refractivity contribution < 1.29 is 8.42 Å². The van der Waals surface area contributed by atoms with Crippen molar-refractivity contribution in [3.8, 4) is 0 Å². The smallest absolute Gasteiger partial charge is 0.264 e. The maximum Gasteiger partial charge on any atom is 0.264 e. The molecule has 21 heavy (non-hydrogen) atoms. The third-order valence-corrected chi connectivity index (χ3v) is 4.80. The number of hydrogen-bond acceptors (Lipinski definition) is 4. The van der Waals surface area contributed by atoms with Crippen LogP contribution in [0.15, 0.2) is 41.4 Å². The van der Waals surface area contributed by atoms with Gasteiger partial charge in [0.25, 0.3) is 10.0 Å². The minimum atomic E-state index is -3.88. The highest BCUT2D eigenvalue weighted by Gasteiger charge is 2.20. The highest BCUT2D eigenvalue weighted by Crippen LogP contribution is 2.25. The molecule has 8 heteroatoms. The van der Waals surface area contributed by atoms with Crippen LogP contribution in [-0.2, 0) is 10.0 Å². The minimum absolute atomic E-state index is 0.0797. The van der Waals surface area contributed by atoms with Gasteiger partial charge in [-0.2, -0.15) is 0 Å². The molecular weight excluding hydrogens is 330 g/mol. The van der Waals surface area contributed by atoms with Crippen molar-refractivity contribution in [1.82, 2.24) is 4.98 Å². The summed E-state index contributed by atoms with van der Waals surface area (Å²) in [5.74, 6) is 0.245. The number of sulfonamides is 1. The molecule has 2 aromatic rings. The number of thiocarbonyl (C=S) groups is 1. The van der Waals surface area contributed by atoms with E-state index >= 15 is 0 Å². The maximum absolute atomic E-state index is 12.4. The molecule has 0 aliphatic heterocycles. The van der Waals surface area contributed by atoms with Crippen molar-refractivity contribution in [2.75, 3.05) is 4.72 Å². The van der Waals surface area contributed by atoms with Gasteiger partial charge in [0.2, 0.25) is 0 Å². The Morgan fingerprint density at radius 1 is 1.38 bits per heavy atom. The fraction of sp³-hybridized carbons (Fsp3) is 0.0769. The molecule has 0 aliphatic carbocycles. The highest BCUT2D eigenvalue weighted by molar-refractivity contribution is 7.92. The molecule has 2 rings (SSSR count). The number of nitrogens with zero attached hydrogens (tertiary/aromatic N) is 1. The predicted octanol–water partition coefficient (Wildman–Crippen LogP) is 2.48. The summed E-state index contributed by atoms with van der Waals surface area (Å²) in [7, 11) is -3.88. The van der Waals surface area contributed by atoms with E-state index in [1.165, 1.54) is 18.3 Å². The van der Waals surface area contributed by atoms with Crippen molar-refractivity contribution in [3.63, 3.8) is 0 Å². The van der Waals surface area contributed by atoms with Gasteiger partial charge >= 0.3 is 0 Å². The summed E-state index contributed by atoms with van der Waals surface area (Å²) in [5.41, 5.74) is 6.63. The number of aromatic nitrogens is 1. The summed E-state index contributed by atoms with van der Waals surface area (Å²) in [5, 5.41) is 0.0797. The van der Waals surface area contributed by atoms with Gasteiger partial charge in [-0.05, 0) is 30.7 Å². The Bertz CT molecular complexity index is 807. The molecule has 0 saturated carbocycles. The van der Waals surface area contributed by atoms with Crippen LogP contribution in [0.1, 0.15) is 11.1 Å². The normalized spacial score (nSPS) is 11.1. The van der Waals surface area contributed by atoms with Gasteiger partial charge in [0.15, 0.2) is 0 Å². The van der Waals surface area contributed by atoms with E-state index in [2.05, 4.69) is 9.71 Å². The van der Waals surface area contributed by atoms with Gasteiger partial charge in [-0.15, -0.1) is 0 Å². The molecule has 1 heterocycles. The summed E-state index contributed by atoms with van der Waals surface area (Å²) >= 11 is 10.8. The zero-order chi connectivity index (χ0) is 15.6. The Morgan fingerprint density at radius 3 is 2.71 bits per heavy atom. The number of benzene rings is 1. The molecule has 0 fully saturated rings. The van der Waals surface area contributed by atoms with Gasteiger partial charge in [-0.1, -0.05) is 36.0 Å². The Morgan fingerprint density at radius 2 is 2.10 bits per heavy atom. The second-order valence-corrected chi connectivity index (χ2v) is 6.78. The number of pyridine rings is 1. The third-order valence-electron chi connectivity index (χ3n) is 2.75. The van der Waals surface area contributed by atoms with E-state index < -0.39 is 10.0 Å². The molecule has 5 nitrogen and oxygen atoms in total. The molecule has 0 aliphatic rings. The van der Waals surface area contributed by atoms with Crippen LogP contribution in [0.4, 0.5) is 5.82 Å². The van der Waals surface area contributed by atoms with Crippen LogP contribution in [0.2, 0.25) is 5.02 Å². The molecular formula is C13H12ClN3O2S2. The Kier molecular flexibility index (Phi) is 4.46. The highest BCUT2D eigenvalue weighted by atomic mass is 35.5. The standard InChI is InChI=1S/C13H12ClN3O2S2/c1-8-3-2-6-16-13(8)17-21(18,19)11-7-9(12(15)20)4-5-10(11)14/h2-7H,1H3,(H2,15,20)(H,16,17). The van der Waals surface area contributed by atoms with Crippen LogP contribution in [0, 0.1) is 6.92 Å². The number of nitrogens with one attached hydrogen (secondary N) is 1. The molecule has 1 aromatic heterocycles. The minimum Gasteiger partial charge on any atom is -0.389 e. The van der Waals surface area contributed by atoms with Crippen LogP contribution in [0.25, 0.3) is 0 Å². The van der Waals surface area contributed by atoms with E-state index in [-0.39, 0.29) is 20.7 Å². The summed E-state index contributed by atoms with van der Waals surface area (Å²) in [6, 6.07) is 7.81. The van der Waals surface area contributed by atoms with E-state index in [9.17, 15) is 8.42 Å². The molecule has 0 spiro atoms. The number of nitrogens with two attached hydrogens (primary N) is 1. The van der Waals surface area contributed by atoms with Crippen LogP contribution in [0.3, 0.4) is 0 Å². The maximum atomic E-state index is 12.4. The molecule has 0 amide bonds. The SMILES string of the molecule is Cc1cccnc1NS(=O)(=O)c1cc(C(N)=S)ccc1Cl. The molecule has 0 unspecified atom stereocenters. The lowest BCUT2D eigenvalue weighted by Gasteiger charge is -2.11. The average Bonchev–Trinajstić information content (AvgIpc) is 2.41. The van der Waals surface area contributed by atoms with Crippen LogP contribution < -0.4 is 10.5 Å². The first-order valence-electron chi connectivity index (χ1n) is 5.85. The molecule has 0 atom stereocenters. The summed E-state index contributed by atoms with van der Waals surface area (Å²) in [6.07, 6.45) is 1.50. The van der Waals surface area contributed by atoms with Gasteiger partial charge in [0, 0.05) is 11.8 Å². The number of anilines is 1. The van der Waals surface area contributed by atoms with Gasteiger partial charge in [-0.25, -0.2) is 13.4 Å². The molecule has 3 N–H and O–H groups in total. The fourth-order valence-corrected chi connectivity index (χ4v) is 3.37. The van der Waals surface area contributed by atoms with E-state index in [1.807, 2.05) is 0 Å². The van der Waals surface area contributed by atoms with E-state index in [0.717, 1.165) is 0 Å². The van der Waals surface area contributed by atoms with Gasteiger partial charge in [-0.3, -0.25) is 4.72 Å². The zero-order valence-electron chi connectivity index (χ0n) is 11.0. The Labute approximate surface area is 133 Å². The van der Waals surface area contributed by atoms with Crippen LogP contribution in [-0.4, -0.2) is 18.4 Å². The lowest BCUT2D eigenvalue weighted by molar-refractivity contribution is 0.601. The first kappa shape index (κ1) is 15.7. The van der Waals surface area contributed by atoms with Crippen molar-refractivity contribution in [2.45, 2.75) is 11.8 Å². The number of hydrogen-bond donors (Lipinski definition) is 2. The molecule has 1 aromatic carbocycles. The average molecular weight is 342 g/mol. The van der Waals surface area contributed by atoms with Crippen LogP contribution >= 0.6 is 23.8 Å². The Hall–Kier alpha value is -1.70. The molecule has 0 bridgehead atoms. The monoisotopic (exact) mass is 341 g/mol. The van der Waals surface area contributed by atoms with E-state index in [0.29, 0.717) is 11.1 Å². The van der Waals surface area contributed by atoms with Crippen molar-refractivity contribution in [1.29, 1.82) is 0 Å². The second kappa shape index (κ2) is 5.97. The number of halogens is 1.